The number of anilines is 2. The molecule has 0 bridgehead atoms. The Bertz CT molecular complexity index is 1270. The molecule has 0 saturated carbocycles. The molecule has 4 aromatic rings. The zero-order valence-corrected chi connectivity index (χ0v) is 17.8. The number of carbonyl (C=O) groups is 1. The van der Waals surface area contributed by atoms with Gasteiger partial charge in [0.25, 0.3) is 0 Å². The fraction of sp³-hybridized carbons (Fsp3) is 0.208. The highest BCUT2D eigenvalue weighted by Gasteiger charge is 2.28. The number of hydrogen-bond donors (Lipinski definition) is 1. The summed E-state index contributed by atoms with van der Waals surface area (Å²) in [5.74, 6) is 1.14. The van der Waals surface area contributed by atoms with E-state index in [0.29, 0.717) is 22.9 Å². The third-order valence-electron chi connectivity index (χ3n) is 5.19. The molecule has 0 saturated heterocycles. The molecule has 0 unspecified atom stereocenters. The van der Waals surface area contributed by atoms with E-state index in [1.807, 2.05) is 62.4 Å². The number of fused-ring (bicyclic) bond motifs is 1. The molecule has 0 aliphatic rings. The van der Waals surface area contributed by atoms with Gasteiger partial charge in [-0.25, -0.2) is 9.97 Å². The van der Waals surface area contributed by atoms with E-state index in [9.17, 15) is 9.90 Å². The number of imidazole rings is 1. The first-order valence-corrected chi connectivity index (χ1v) is 9.81. The standard InChI is InChI=1S/C24H24N4O2/c1-14-8-6-9-15(2)22(14)28(18(5)29)23-21(19-10-7-11-20(30)13-19)26-24-25-16(3)12-17(4)27(23)24/h6-13,30H,1-5H3. The quantitative estimate of drug-likeness (QED) is 0.524. The summed E-state index contributed by atoms with van der Waals surface area (Å²) < 4.78 is 1.90. The smallest absolute Gasteiger partial charge is 0.236 e. The average Bonchev–Trinajstić information content (AvgIpc) is 3.03. The molecule has 2 aromatic heterocycles. The van der Waals surface area contributed by atoms with Crippen LogP contribution in [0.1, 0.15) is 29.4 Å². The van der Waals surface area contributed by atoms with Gasteiger partial charge < -0.3 is 5.11 Å². The molecular weight excluding hydrogens is 376 g/mol. The van der Waals surface area contributed by atoms with Crippen molar-refractivity contribution in [1.29, 1.82) is 0 Å². The molecule has 6 heteroatoms. The second-order valence-corrected chi connectivity index (χ2v) is 7.60. The maximum absolute atomic E-state index is 13.0. The number of aromatic hydroxyl groups is 1. The van der Waals surface area contributed by atoms with Gasteiger partial charge in [0, 0.05) is 23.9 Å². The molecule has 152 valence electrons. The molecule has 1 amide bonds. The second-order valence-electron chi connectivity index (χ2n) is 7.60. The topological polar surface area (TPSA) is 70.7 Å². The molecule has 0 spiro atoms. The van der Waals surface area contributed by atoms with Crippen LogP contribution in [0.2, 0.25) is 0 Å². The van der Waals surface area contributed by atoms with Crippen molar-refractivity contribution in [2.75, 3.05) is 4.90 Å². The summed E-state index contributed by atoms with van der Waals surface area (Å²) >= 11 is 0. The Balaban J connectivity index is 2.14. The zero-order valence-electron chi connectivity index (χ0n) is 17.8. The first kappa shape index (κ1) is 19.6. The number of benzene rings is 2. The molecule has 1 N–H and O–H groups in total. The summed E-state index contributed by atoms with van der Waals surface area (Å²) in [7, 11) is 0. The van der Waals surface area contributed by atoms with E-state index in [2.05, 4.69) is 4.98 Å². The Morgan fingerprint density at radius 2 is 1.63 bits per heavy atom. The van der Waals surface area contributed by atoms with Crippen LogP contribution in [0.5, 0.6) is 5.75 Å². The average molecular weight is 400 g/mol. The van der Waals surface area contributed by atoms with Crippen LogP contribution in [-0.2, 0) is 4.79 Å². The number of phenolic OH excluding ortho intramolecular Hbond substituents is 1. The number of amides is 1. The van der Waals surface area contributed by atoms with E-state index in [4.69, 9.17) is 4.98 Å². The number of phenols is 1. The van der Waals surface area contributed by atoms with Crippen LogP contribution in [0.15, 0.2) is 48.5 Å². The van der Waals surface area contributed by atoms with E-state index in [0.717, 1.165) is 28.2 Å². The van der Waals surface area contributed by atoms with Crippen LogP contribution in [0.25, 0.3) is 17.0 Å². The van der Waals surface area contributed by atoms with Crippen molar-refractivity contribution in [3.05, 3.63) is 71.0 Å². The highest BCUT2D eigenvalue weighted by molar-refractivity contribution is 6.03. The van der Waals surface area contributed by atoms with Crippen molar-refractivity contribution < 1.29 is 9.90 Å². The van der Waals surface area contributed by atoms with E-state index in [-0.39, 0.29) is 11.7 Å². The Labute approximate surface area is 175 Å². The normalized spacial score (nSPS) is 11.1. The summed E-state index contributed by atoms with van der Waals surface area (Å²) in [6, 6.07) is 14.8. The van der Waals surface area contributed by atoms with Crippen LogP contribution >= 0.6 is 0 Å². The maximum atomic E-state index is 13.0. The molecule has 30 heavy (non-hydrogen) atoms. The molecular formula is C24H24N4O2. The summed E-state index contributed by atoms with van der Waals surface area (Å²) in [4.78, 5) is 24.1. The minimum Gasteiger partial charge on any atom is -0.508 e. The van der Waals surface area contributed by atoms with Gasteiger partial charge in [0.15, 0.2) is 5.82 Å². The monoisotopic (exact) mass is 400 g/mol. The summed E-state index contributed by atoms with van der Waals surface area (Å²) in [6.45, 7) is 9.43. The Morgan fingerprint density at radius 1 is 0.967 bits per heavy atom. The fourth-order valence-corrected chi connectivity index (χ4v) is 3.98. The highest BCUT2D eigenvalue weighted by Crippen LogP contribution is 2.39. The molecule has 0 radical (unpaired) electrons. The number of nitrogens with zero attached hydrogens (tertiary/aromatic N) is 4. The lowest BCUT2D eigenvalue weighted by molar-refractivity contribution is -0.115. The van der Waals surface area contributed by atoms with Gasteiger partial charge in [-0.05, 0) is 57.0 Å². The maximum Gasteiger partial charge on any atom is 0.236 e. The predicted octanol–water partition coefficient (Wildman–Crippen LogP) is 5.02. The van der Waals surface area contributed by atoms with Gasteiger partial charge in [-0.2, -0.15) is 0 Å². The summed E-state index contributed by atoms with van der Waals surface area (Å²) in [5, 5.41) is 10.1. The number of rotatable bonds is 3. The van der Waals surface area contributed by atoms with E-state index < -0.39 is 0 Å². The minimum absolute atomic E-state index is 0.129. The first-order chi connectivity index (χ1) is 14.3. The van der Waals surface area contributed by atoms with Crippen LogP contribution in [0.4, 0.5) is 11.5 Å². The largest absolute Gasteiger partial charge is 0.508 e. The van der Waals surface area contributed by atoms with Gasteiger partial charge in [0.05, 0.1) is 5.69 Å². The third-order valence-corrected chi connectivity index (χ3v) is 5.19. The van der Waals surface area contributed by atoms with E-state index in [1.165, 1.54) is 0 Å². The molecule has 0 atom stereocenters. The lowest BCUT2D eigenvalue weighted by atomic mass is 10.1. The van der Waals surface area contributed by atoms with Crippen LogP contribution in [-0.4, -0.2) is 25.4 Å². The minimum atomic E-state index is -0.129. The van der Waals surface area contributed by atoms with Crippen LogP contribution in [0.3, 0.4) is 0 Å². The van der Waals surface area contributed by atoms with E-state index >= 15 is 0 Å². The van der Waals surface area contributed by atoms with Gasteiger partial charge in [0.1, 0.15) is 11.4 Å². The van der Waals surface area contributed by atoms with Gasteiger partial charge in [0.2, 0.25) is 11.7 Å². The Kier molecular flexibility index (Phi) is 4.78. The number of hydrogen-bond acceptors (Lipinski definition) is 4. The molecule has 6 nitrogen and oxygen atoms in total. The summed E-state index contributed by atoms with van der Waals surface area (Å²) in [6.07, 6.45) is 0. The predicted molar refractivity (Wildman–Crippen MR) is 118 cm³/mol. The highest BCUT2D eigenvalue weighted by atomic mass is 16.3. The molecule has 0 fully saturated rings. The Hall–Kier alpha value is -3.67. The molecule has 0 aliphatic heterocycles. The van der Waals surface area contributed by atoms with Gasteiger partial charge in [-0.3, -0.25) is 14.1 Å². The van der Waals surface area contributed by atoms with Crippen molar-refractivity contribution in [3.63, 3.8) is 0 Å². The first-order valence-electron chi connectivity index (χ1n) is 9.81. The van der Waals surface area contributed by atoms with Crippen molar-refractivity contribution in [1.82, 2.24) is 14.4 Å². The van der Waals surface area contributed by atoms with Gasteiger partial charge >= 0.3 is 0 Å². The van der Waals surface area contributed by atoms with Gasteiger partial charge in [-0.1, -0.05) is 30.3 Å². The van der Waals surface area contributed by atoms with Crippen LogP contribution < -0.4 is 4.90 Å². The lowest BCUT2D eigenvalue weighted by Gasteiger charge is -2.26. The van der Waals surface area contributed by atoms with Crippen molar-refractivity contribution >= 4 is 23.2 Å². The van der Waals surface area contributed by atoms with Gasteiger partial charge in [-0.15, -0.1) is 0 Å². The van der Waals surface area contributed by atoms with Crippen molar-refractivity contribution in [2.24, 2.45) is 0 Å². The molecule has 4 rings (SSSR count). The zero-order chi connectivity index (χ0) is 21.6. The number of carbonyl (C=O) groups excluding carboxylic acids is 1. The molecule has 2 aromatic carbocycles. The SMILES string of the molecule is CC(=O)N(c1c(C)cccc1C)c1c(-c2cccc(O)c2)nc2nc(C)cc(C)n12. The second kappa shape index (κ2) is 7.30. The number of aromatic nitrogens is 3. The third kappa shape index (κ3) is 3.20. The number of para-hydroxylation sites is 1. The van der Waals surface area contributed by atoms with Crippen molar-refractivity contribution in [2.45, 2.75) is 34.6 Å². The van der Waals surface area contributed by atoms with E-state index in [1.54, 1.807) is 30.0 Å². The molecule has 0 aliphatic carbocycles. The number of aryl methyl sites for hydroxylation is 4. The van der Waals surface area contributed by atoms with Crippen LogP contribution in [0, 0.1) is 27.7 Å². The lowest BCUT2D eigenvalue weighted by Crippen LogP contribution is -2.26. The molecule has 2 heterocycles. The summed E-state index contributed by atoms with van der Waals surface area (Å²) in [5.41, 5.74) is 5.87. The van der Waals surface area contributed by atoms with Crippen molar-refractivity contribution in [3.8, 4) is 17.0 Å². The Morgan fingerprint density at radius 3 is 2.27 bits per heavy atom. The fourth-order valence-electron chi connectivity index (χ4n) is 3.98.